The van der Waals surface area contributed by atoms with Crippen LogP contribution in [-0.4, -0.2) is 30.4 Å². The fourth-order valence-electron chi connectivity index (χ4n) is 2.10. The van der Waals surface area contributed by atoms with Crippen molar-refractivity contribution in [3.05, 3.63) is 35.9 Å². The number of amides is 1. The molecule has 0 radical (unpaired) electrons. The Morgan fingerprint density at radius 3 is 2.71 bits per heavy atom. The van der Waals surface area contributed by atoms with Crippen LogP contribution in [0.3, 0.4) is 0 Å². The van der Waals surface area contributed by atoms with Gasteiger partial charge in [0.15, 0.2) is 0 Å². The van der Waals surface area contributed by atoms with Crippen LogP contribution in [0.1, 0.15) is 18.4 Å². The smallest absolute Gasteiger partial charge is 0.239 e. The highest BCUT2D eigenvalue weighted by atomic mass is 35.5. The number of rotatable bonds is 3. The van der Waals surface area contributed by atoms with Crippen LogP contribution < -0.4 is 5.32 Å². The molecule has 0 saturated carbocycles. The van der Waals surface area contributed by atoms with Crippen LogP contribution >= 0.6 is 12.4 Å². The van der Waals surface area contributed by atoms with Gasteiger partial charge in [0.2, 0.25) is 5.91 Å². The van der Waals surface area contributed by atoms with E-state index in [0.29, 0.717) is 6.54 Å². The predicted molar refractivity (Wildman–Crippen MR) is 71.2 cm³/mol. The van der Waals surface area contributed by atoms with Crippen LogP contribution in [0.5, 0.6) is 0 Å². The monoisotopic (exact) mass is 254 g/mol. The van der Waals surface area contributed by atoms with Crippen molar-refractivity contribution in [1.29, 1.82) is 0 Å². The average Bonchev–Trinajstić information content (AvgIpc) is 2.83. The van der Waals surface area contributed by atoms with Crippen LogP contribution in [0, 0.1) is 0 Å². The molecule has 1 fully saturated rings. The van der Waals surface area contributed by atoms with Gasteiger partial charge in [-0.1, -0.05) is 30.3 Å². The number of halogens is 1. The van der Waals surface area contributed by atoms with E-state index in [1.165, 1.54) is 5.56 Å². The van der Waals surface area contributed by atoms with E-state index in [4.69, 9.17) is 0 Å². The van der Waals surface area contributed by atoms with Crippen molar-refractivity contribution in [3.63, 3.8) is 0 Å². The van der Waals surface area contributed by atoms with Crippen molar-refractivity contribution in [2.45, 2.75) is 25.4 Å². The van der Waals surface area contributed by atoms with Gasteiger partial charge in [0.05, 0.1) is 6.04 Å². The highest BCUT2D eigenvalue weighted by molar-refractivity contribution is 5.85. The van der Waals surface area contributed by atoms with Gasteiger partial charge in [0.25, 0.3) is 0 Å². The minimum Gasteiger partial charge on any atom is -0.340 e. The third kappa shape index (κ3) is 3.72. The first-order valence-corrected chi connectivity index (χ1v) is 5.79. The van der Waals surface area contributed by atoms with Gasteiger partial charge in [-0.3, -0.25) is 4.79 Å². The maximum absolute atomic E-state index is 12.0. The third-order valence-corrected chi connectivity index (χ3v) is 3.00. The van der Waals surface area contributed by atoms with E-state index in [-0.39, 0.29) is 24.4 Å². The quantitative estimate of drug-likeness (QED) is 0.893. The van der Waals surface area contributed by atoms with Crippen molar-refractivity contribution in [3.8, 4) is 0 Å². The van der Waals surface area contributed by atoms with Gasteiger partial charge >= 0.3 is 0 Å². The molecule has 3 nitrogen and oxygen atoms in total. The largest absolute Gasteiger partial charge is 0.340 e. The molecule has 0 aliphatic carbocycles. The fourth-order valence-corrected chi connectivity index (χ4v) is 2.10. The number of carbonyl (C=O) groups excluding carboxylic acids is 1. The maximum Gasteiger partial charge on any atom is 0.239 e. The molecule has 2 rings (SSSR count). The Balaban J connectivity index is 0.00000144. The van der Waals surface area contributed by atoms with E-state index < -0.39 is 0 Å². The van der Waals surface area contributed by atoms with Gasteiger partial charge in [-0.15, -0.1) is 12.4 Å². The second kappa shape index (κ2) is 6.62. The topological polar surface area (TPSA) is 32.3 Å². The zero-order valence-electron chi connectivity index (χ0n) is 10.1. The Kier molecular flexibility index (Phi) is 5.45. The molecule has 1 amide bonds. The Morgan fingerprint density at radius 2 is 2.12 bits per heavy atom. The number of likely N-dealkylation sites (N-methyl/N-ethyl adjacent to an activating group) is 1. The number of nitrogens with one attached hydrogen (secondary N) is 1. The van der Waals surface area contributed by atoms with Crippen LogP contribution in [-0.2, 0) is 11.3 Å². The summed E-state index contributed by atoms with van der Waals surface area (Å²) in [6.45, 7) is 1.66. The van der Waals surface area contributed by atoms with E-state index >= 15 is 0 Å². The van der Waals surface area contributed by atoms with Crippen molar-refractivity contribution >= 4 is 18.3 Å². The lowest BCUT2D eigenvalue weighted by Crippen LogP contribution is -2.41. The summed E-state index contributed by atoms with van der Waals surface area (Å²) in [7, 11) is 1.87. The van der Waals surface area contributed by atoms with Crippen LogP contribution in [0.15, 0.2) is 30.3 Å². The molecular weight excluding hydrogens is 236 g/mol. The first kappa shape index (κ1) is 14.0. The zero-order valence-corrected chi connectivity index (χ0v) is 10.9. The van der Waals surface area contributed by atoms with Crippen LogP contribution in [0.25, 0.3) is 0 Å². The summed E-state index contributed by atoms with van der Waals surface area (Å²) < 4.78 is 0. The summed E-state index contributed by atoms with van der Waals surface area (Å²) in [5.74, 6) is 0.210. The summed E-state index contributed by atoms with van der Waals surface area (Å²) in [6.07, 6.45) is 2.08. The molecule has 1 aliphatic rings. The van der Waals surface area contributed by atoms with Crippen LogP contribution in [0.2, 0.25) is 0 Å². The molecule has 4 heteroatoms. The molecular formula is C13H19ClN2O. The molecule has 94 valence electrons. The molecule has 1 N–H and O–H groups in total. The molecule has 1 aromatic rings. The standard InChI is InChI=1S/C13H18N2O.ClH/c1-15(10-11-6-3-2-4-7-11)13(16)12-8-5-9-14-12;/h2-4,6-7,12,14H,5,8-10H2,1H3;1H. The summed E-state index contributed by atoms with van der Waals surface area (Å²) in [4.78, 5) is 13.8. The third-order valence-electron chi connectivity index (χ3n) is 3.00. The molecule has 1 saturated heterocycles. The van der Waals surface area contributed by atoms with Crippen LogP contribution in [0.4, 0.5) is 0 Å². The molecule has 1 unspecified atom stereocenters. The Morgan fingerprint density at radius 1 is 1.41 bits per heavy atom. The second-order valence-electron chi connectivity index (χ2n) is 4.33. The average molecular weight is 255 g/mol. The number of nitrogens with zero attached hydrogens (tertiary/aromatic N) is 1. The lowest BCUT2D eigenvalue weighted by Gasteiger charge is -2.21. The minimum atomic E-state index is 0. The van der Waals surface area contributed by atoms with E-state index in [1.54, 1.807) is 4.90 Å². The van der Waals surface area contributed by atoms with Gasteiger partial charge in [0, 0.05) is 13.6 Å². The van der Waals surface area contributed by atoms with Crippen molar-refractivity contribution in [2.24, 2.45) is 0 Å². The van der Waals surface area contributed by atoms with Crippen molar-refractivity contribution in [1.82, 2.24) is 10.2 Å². The van der Waals surface area contributed by atoms with Gasteiger partial charge < -0.3 is 10.2 Å². The van der Waals surface area contributed by atoms with E-state index in [0.717, 1.165) is 19.4 Å². The molecule has 17 heavy (non-hydrogen) atoms. The first-order chi connectivity index (χ1) is 7.77. The molecule has 1 aliphatic heterocycles. The summed E-state index contributed by atoms with van der Waals surface area (Å²) in [6, 6.07) is 10.1. The summed E-state index contributed by atoms with van der Waals surface area (Å²) >= 11 is 0. The lowest BCUT2D eigenvalue weighted by molar-refractivity contribution is -0.132. The first-order valence-electron chi connectivity index (χ1n) is 5.79. The number of carbonyl (C=O) groups is 1. The van der Waals surface area contributed by atoms with Gasteiger partial charge in [-0.2, -0.15) is 0 Å². The molecule has 1 heterocycles. The number of hydrogen-bond donors (Lipinski definition) is 1. The normalized spacial score (nSPS) is 18.5. The highest BCUT2D eigenvalue weighted by Gasteiger charge is 2.24. The predicted octanol–water partition coefficient (Wildman–Crippen LogP) is 1.82. The second-order valence-corrected chi connectivity index (χ2v) is 4.33. The van der Waals surface area contributed by atoms with Crippen molar-refractivity contribution < 1.29 is 4.79 Å². The maximum atomic E-state index is 12.0. The molecule has 0 spiro atoms. The lowest BCUT2D eigenvalue weighted by atomic mass is 10.1. The summed E-state index contributed by atoms with van der Waals surface area (Å²) in [5.41, 5.74) is 1.18. The summed E-state index contributed by atoms with van der Waals surface area (Å²) in [5, 5.41) is 3.23. The Labute approximate surface area is 109 Å². The molecule has 1 atom stereocenters. The number of hydrogen-bond acceptors (Lipinski definition) is 2. The zero-order chi connectivity index (χ0) is 11.4. The Bertz CT molecular complexity index is 350. The number of benzene rings is 1. The van der Waals surface area contributed by atoms with Gasteiger partial charge in [-0.25, -0.2) is 0 Å². The molecule has 0 bridgehead atoms. The molecule has 0 aromatic heterocycles. The van der Waals surface area contributed by atoms with E-state index in [1.807, 2.05) is 37.4 Å². The highest BCUT2D eigenvalue weighted by Crippen LogP contribution is 2.10. The van der Waals surface area contributed by atoms with E-state index in [2.05, 4.69) is 5.32 Å². The van der Waals surface area contributed by atoms with Gasteiger partial charge in [-0.05, 0) is 24.9 Å². The van der Waals surface area contributed by atoms with Gasteiger partial charge in [0.1, 0.15) is 0 Å². The minimum absolute atomic E-state index is 0. The SMILES string of the molecule is CN(Cc1ccccc1)C(=O)C1CCCN1.Cl. The van der Waals surface area contributed by atoms with Crippen molar-refractivity contribution in [2.75, 3.05) is 13.6 Å². The Hall–Kier alpha value is -1.06. The fraction of sp³-hybridized carbons (Fsp3) is 0.462. The molecule has 1 aromatic carbocycles. The van der Waals surface area contributed by atoms with E-state index in [9.17, 15) is 4.79 Å².